The van der Waals surface area contributed by atoms with Gasteiger partial charge in [0.15, 0.2) is 0 Å². The number of aryl methyl sites for hydroxylation is 1. The highest BCUT2D eigenvalue weighted by atomic mass is 16.5. The molecule has 182 valence electrons. The second-order valence-corrected chi connectivity index (χ2v) is 8.61. The van der Waals surface area contributed by atoms with Crippen molar-refractivity contribution in [3.8, 4) is 11.4 Å². The number of rotatable bonds is 10. The lowest BCUT2D eigenvalue weighted by Crippen LogP contribution is -2.31. The summed E-state index contributed by atoms with van der Waals surface area (Å²) in [5, 5.41) is 14.4. The Morgan fingerprint density at radius 1 is 1.03 bits per heavy atom. The van der Waals surface area contributed by atoms with E-state index in [-0.39, 0.29) is 12.6 Å². The molecule has 1 heterocycles. The largest absolute Gasteiger partial charge is 0.491 e. The molecule has 1 aromatic heterocycles. The molecule has 0 saturated heterocycles. The van der Waals surface area contributed by atoms with E-state index in [9.17, 15) is 9.90 Å². The number of nitrogens with zero attached hydrogens (tertiary/aromatic N) is 1. The van der Waals surface area contributed by atoms with E-state index >= 15 is 0 Å². The van der Waals surface area contributed by atoms with Gasteiger partial charge in [-0.2, -0.15) is 0 Å². The summed E-state index contributed by atoms with van der Waals surface area (Å²) in [6.07, 6.45) is -0.669. The Balaban J connectivity index is 1.53. The van der Waals surface area contributed by atoms with Crippen LogP contribution in [0.15, 0.2) is 72.8 Å². The van der Waals surface area contributed by atoms with Gasteiger partial charge in [-0.3, -0.25) is 0 Å². The number of nitrogens with one attached hydrogen (secondary N) is 1. The van der Waals surface area contributed by atoms with Crippen LogP contribution in [0.1, 0.15) is 34.1 Å². The molecule has 0 aliphatic rings. The van der Waals surface area contributed by atoms with Gasteiger partial charge in [-0.1, -0.05) is 48.0 Å². The van der Waals surface area contributed by atoms with Crippen LogP contribution < -0.4 is 10.1 Å². The molecule has 6 heteroatoms. The van der Waals surface area contributed by atoms with E-state index in [0.29, 0.717) is 31.0 Å². The molecular weight excluding hydrogens is 440 g/mol. The van der Waals surface area contributed by atoms with Crippen LogP contribution in [0.5, 0.6) is 5.75 Å². The van der Waals surface area contributed by atoms with Crippen LogP contribution >= 0.6 is 0 Å². The third-order valence-electron chi connectivity index (χ3n) is 5.94. The summed E-state index contributed by atoms with van der Waals surface area (Å²) < 4.78 is 13.3. The van der Waals surface area contributed by atoms with Gasteiger partial charge in [0.25, 0.3) is 0 Å². The first-order valence-corrected chi connectivity index (χ1v) is 11.9. The summed E-state index contributed by atoms with van der Waals surface area (Å²) in [5.41, 5.74) is 5.53. The van der Waals surface area contributed by atoms with Crippen molar-refractivity contribution < 1.29 is 19.4 Å². The molecule has 3 aromatic carbocycles. The second kappa shape index (κ2) is 11.2. The molecule has 1 unspecified atom stereocenters. The fourth-order valence-electron chi connectivity index (χ4n) is 4.21. The number of carbonyl (C=O) groups excluding carboxylic acids is 1. The number of aromatic nitrogens is 1. The van der Waals surface area contributed by atoms with E-state index in [4.69, 9.17) is 9.47 Å². The third-order valence-corrected chi connectivity index (χ3v) is 5.94. The Morgan fingerprint density at radius 2 is 1.77 bits per heavy atom. The normalized spacial score (nSPS) is 12.0. The van der Waals surface area contributed by atoms with Gasteiger partial charge < -0.3 is 24.5 Å². The lowest BCUT2D eigenvalue weighted by Gasteiger charge is -2.14. The first-order valence-electron chi connectivity index (χ1n) is 11.9. The summed E-state index contributed by atoms with van der Waals surface area (Å²) >= 11 is 0. The SMILES string of the molecule is CCOC(=O)c1c(C)n(-c2ccc(C)cc2)c2ccc(OCC(O)CNCc3ccccc3)cc12. The van der Waals surface area contributed by atoms with Crippen LogP contribution in [0, 0.1) is 13.8 Å². The molecule has 0 aliphatic heterocycles. The van der Waals surface area contributed by atoms with Crippen LogP contribution in [0.2, 0.25) is 0 Å². The van der Waals surface area contributed by atoms with Crippen molar-refractivity contribution in [1.29, 1.82) is 0 Å². The minimum atomic E-state index is -0.669. The van der Waals surface area contributed by atoms with Gasteiger partial charge in [0.2, 0.25) is 0 Å². The van der Waals surface area contributed by atoms with Gasteiger partial charge in [-0.05, 0) is 56.7 Å². The summed E-state index contributed by atoms with van der Waals surface area (Å²) in [6, 6.07) is 23.9. The minimum Gasteiger partial charge on any atom is -0.491 e. The second-order valence-electron chi connectivity index (χ2n) is 8.61. The summed E-state index contributed by atoms with van der Waals surface area (Å²) in [6.45, 7) is 7.30. The molecule has 1 atom stereocenters. The molecular formula is C29H32N2O4. The molecule has 0 fully saturated rings. The van der Waals surface area contributed by atoms with Crippen LogP contribution in [-0.4, -0.2) is 41.5 Å². The molecule has 4 aromatic rings. The van der Waals surface area contributed by atoms with Gasteiger partial charge in [-0.25, -0.2) is 4.79 Å². The highest BCUT2D eigenvalue weighted by Gasteiger charge is 2.22. The average Bonchev–Trinajstić information content (AvgIpc) is 3.15. The highest BCUT2D eigenvalue weighted by Crippen LogP contribution is 2.32. The molecule has 0 bridgehead atoms. The molecule has 0 amide bonds. The zero-order valence-electron chi connectivity index (χ0n) is 20.5. The smallest absolute Gasteiger partial charge is 0.340 e. The minimum absolute atomic E-state index is 0.139. The first-order chi connectivity index (χ1) is 17.0. The summed E-state index contributed by atoms with van der Waals surface area (Å²) in [7, 11) is 0. The maximum Gasteiger partial charge on any atom is 0.340 e. The number of carbonyl (C=O) groups is 1. The number of esters is 1. The number of hydrogen-bond acceptors (Lipinski definition) is 5. The van der Waals surface area contributed by atoms with E-state index in [0.717, 1.165) is 27.8 Å². The zero-order chi connectivity index (χ0) is 24.8. The fraction of sp³-hybridized carbons (Fsp3) is 0.276. The lowest BCUT2D eigenvalue weighted by atomic mass is 10.1. The van der Waals surface area contributed by atoms with Crippen LogP contribution in [0.4, 0.5) is 0 Å². The van der Waals surface area contributed by atoms with E-state index in [1.807, 2.05) is 74.5 Å². The van der Waals surface area contributed by atoms with Crippen molar-refractivity contribution in [3.05, 3.63) is 95.2 Å². The van der Waals surface area contributed by atoms with Crippen LogP contribution in [0.3, 0.4) is 0 Å². The van der Waals surface area contributed by atoms with Crippen LogP contribution in [-0.2, 0) is 11.3 Å². The Bertz CT molecular complexity index is 1280. The van der Waals surface area contributed by atoms with Crippen molar-refractivity contribution in [2.45, 2.75) is 33.4 Å². The maximum atomic E-state index is 12.9. The Morgan fingerprint density at radius 3 is 2.49 bits per heavy atom. The third kappa shape index (κ3) is 5.73. The van der Waals surface area contributed by atoms with E-state index in [1.54, 1.807) is 6.92 Å². The number of aliphatic hydroxyl groups excluding tert-OH is 1. The van der Waals surface area contributed by atoms with E-state index < -0.39 is 6.10 Å². The lowest BCUT2D eigenvalue weighted by molar-refractivity contribution is 0.0527. The van der Waals surface area contributed by atoms with Crippen LogP contribution in [0.25, 0.3) is 16.6 Å². The van der Waals surface area contributed by atoms with Crippen molar-refractivity contribution in [2.24, 2.45) is 0 Å². The molecule has 0 saturated carbocycles. The monoisotopic (exact) mass is 472 g/mol. The maximum absolute atomic E-state index is 12.9. The van der Waals surface area contributed by atoms with Gasteiger partial charge in [0.1, 0.15) is 18.5 Å². The topological polar surface area (TPSA) is 72.7 Å². The zero-order valence-corrected chi connectivity index (χ0v) is 20.5. The summed E-state index contributed by atoms with van der Waals surface area (Å²) in [4.78, 5) is 12.9. The van der Waals surface area contributed by atoms with Gasteiger partial charge in [-0.15, -0.1) is 0 Å². The van der Waals surface area contributed by atoms with E-state index in [1.165, 1.54) is 5.56 Å². The van der Waals surface area contributed by atoms with Crippen molar-refractivity contribution in [3.63, 3.8) is 0 Å². The molecule has 2 N–H and O–H groups in total. The molecule has 0 spiro atoms. The Labute approximate surface area is 206 Å². The van der Waals surface area contributed by atoms with Gasteiger partial charge >= 0.3 is 5.97 Å². The predicted octanol–water partition coefficient (Wildman–Crippen LogP) is 4.95. The molecule has 35 heavy (non-hydrogen) atoms. The standard InChI is InChI=1S/C29H32N2O4/c1-4-34-29(33)28-21(3)31(23-12-10-20(2)11-13-23)27-15-14-25(16-26(27)28)35-19-24(32)18-30-17-22-8-6-5-7-9-22/h5-16,24,30,32H,4,17-19H2,1-3H3. The first kappa shape index (κ1) is 24.5. The molecule has 4 rings (SSSR count). The molecule has 0 radical (unpaired) electrons. The molecule has 0 aliphatic carbocycles. The fourth-order valence-corrected chi connectivity index (χ4v) is 4.21. The Hall–Kier alpha value is -3.61. The number of hydrogen-bond donors (Lipinski definition) is 2. The van der Waals surface area contributed by atoms with Gasteiger partial charge in [0, 0.05) is 29.9 Å². The van der Waals surface area contributed by atoms with Gasteiger partial charge in [0.05, 0.1) is 17.7 Å². The van der Waals surface area contributed by atoms with Crippen molar-refractivity contribution in [2.75, 3.05) is 19.8 Å². The van der Waals surface area contributed by atoms with Crippen molar-refractivity contribution in [1.82, 2.24) is 9.88 Å². The number of fused-ring (bicyclic) bond motifs is 1. The quantitative estimate of drug-likeness (QED) is 0.320. The van der Waals surface area contributed by atoms with E-state index in [2.05, 4.69) is 22.0 Å². The predicted molar refractivity (Wildman–Crippen MR) is 138 cm³/mol. The summed E-state index contributed by atoms with van der Waals surface area (Å²) in [5.74, 6) is 0.231. The Kier molecular flexibility index (Phi) is 7.85. The number of benzene rings is 3. The number of ether oxygens (including phenoxy) is 2. The molecule has 6 nitrogen and oxygen atoms in total. The average molecular weight is 473 g/mol. The van der Waals surface area contributed by atoms with Crippen molar-refractivity contribution >= 4 is 16.9 Å². The number of aliphatic hydroxyl groups is 1. The highest BCUT2D eigenvalue weighted by molar-refractivity contribution is 6.07.